The number of carboxylic acids is 1. The van der Waals surface area contributed by atoms with Crippen molar-refractivity contribution in [1.29, 1.82) is 0 Å². The van der Waals surface area contributed by atoms with Gasteiger partial charge in [-0.1, -0.05) is 66.7 Å². The van der Waals surface area contributed by atoms with E-state index in [1.54, 1.807) is 13.1 Å². The predicted molar refractivity (Wildman–Crippen MR) is 124 cm³/mol. The molecule has 172 valence electrons. The van der Waals surface area contributed by atoms with Crippen molar-refractivity contribution in [2.45, 2.75) is 38.5 Å². The summed E-state index contributed by atoms with van der Waals surface area (Å²) >= 11 is 0. The molecule has 0 bridgehead atoms. The van der Waals surface area contributed by atoms with Crippen LogP contribution in [0, 0.1) is 0 Å². The number of alkyl carbamates (subject to hydrolysis) is 1. The highest BCUT2D eigenvalue weighted by atomic mass is 16.5. The maximum atomic E-state index is 13.5. The van der Waals surface area contributed by atoms with E-state index in [0.29, 0.717) is 12.1 Å². The minimum Gasteiger partial charge on any atom is -0.480 e. The number of rotatable bonds is 10. The molecular formula is C25H27N3O5. The van der Waals surface area contributed by atoms with Gasteiger partial charge in [0, 0.05) is 24.8 Å². The fraction of sp³-hybridized carbons (Fsp3) is 0.280. The zero-order chi connectivity index (χ0) is 23.6. The van der Waals surface area contributed by atoms with Gasteiger partial charge in [-0.05, 0) is 18.1 Å². The van der Waals surface area contributed by atoms with Gasteiger partial charge in [-0.2, -0.15) is 0 Å². The van der Waals surface area contributed by atoms with E-state index in [0.717, 1.165) is 11.1 Å². The molecule has 1 heterocycles. The molecule has 33 heavy (non-hydrogen) atoms. The van der Waals surface area contributed by atoms with Crippen LogP contribution >= 0.6 is 0 Å². The molecule has 3 rings (SSSR count). The van der Waals surface area contributed by atoms with Crippen molar-refractivity contribution < 1.29 is 24.2 Å². The molecule has 0 fully saturated rings. The summed E-state index contributed by atoms with van der Waals surface area (Å²) < 4.78 is 5.28. The Morgan fingerprint density at radius 2 is 1.76 bits per heavy atom. The summed E-state index contributed by atoms with van der Waals surface area (Å²) in [6.07, 6.45) is 3.59. The van der Waals surface area contributed by atoms with Gasteiger partial charge < -0.3 is 20.1 Å². The molecule has 2 N–H and O–H groups in total. The number of allylic oxidation sites excluding steroid dienone is 1. The molecule has 0 spiro atoms. The molecule has 0 saturated carbocycles. The molecular weight excluding hydrogens is 422 g/mol. The zero-order valence-corrected chi connectivity index (χ0v) is 18.4. The van der Waals surface area contributed by atoms with Gasteiger partial charge in [-0.15, -0.1) is 0 Å². The highest BCUT2D eigenvalue weighted by Crippen LogP contribution is 2.23. The van der Waals surface area contributed by atoms with Crippen molar-refractivity contribution in [1.82, 2.24) is 10.2 Å². The summed E-state index contributed by atoms with van der Waals surface area (Å²) in [6, 6.07) is 16.8. The number of benzene rings is 2. The molecule has 0 aromatic heterocycles. The minimum absolute atomic E-state index is 0.0493. The maximum absolute atomic E-state index is 13.5. The molecule has 2 atom stereocenters. The lowest BCUT2D eigenvalue weighted by Crippen LogP contribution is -2.50. The Bertz CT molecular complexity index is 1020. The van der Waals surface area contributed by atoms with Crippen molar-refractivity contribution in [2.75, 3.05) is 6.54 Å². The predicted octanol–water partition coefficient (Wildman–Crippen LogP) is 3.70. The maximum Gasteiger partial charge on any atom is 0.408 e. The fourth-order valence-electron chi connectivity index (χ4n) is 3.53. The first-order chi connectivity index (χ1) is 15.9. The van der Waals surface area contributed by atoms with Crippen LogP contribution in [-0.4, -0.2) is 46.8 Å². The monoisotopic (exact) mass is 449 g/mol. The second-order valence-electron chi connectivity index (χ2n) is 7.65. The summed E-state index contributed by atoms with van der Waals surface area (Å²) in [5, 5.41) is 12.1. The molecule has 1 aliphatic rings. The fourth-order valence-corrected chi connectivity index (χ4v) is 3.53. The number of hydrogen-bond acceptors (Lipinski definition) is 5. The Balaban J connectivity index is 1.77. The van der Waals surface area contributed by atoms with Crippen LogP contribution in [0.15, 0.2) is 77.4 Å². The van der Waals surface area contributed by atoms with E-state index in [1.807, 2.05) is 66.7 Å². The summed E-state index contributed by atoms with van der Waals surface area (Å²) in [6.45, 7) is 1.30. The SMILES string of the molecule is CC(c1ccccc1)N(CC(=O)O)C(=O)C(CC1=CCC=N1)NC(=O)OCc1ccccc1. The number of carbonyl (C=O) groups is 3. The van der Waals surface area contributed by atoms with Crippen LogP contribution < -0.4 is 5.32 Å². The summed E-state index contributed by atoms with van der Waals surface area (Å²) in [4.78, 5) is 43.1. The number of hydrogen-bond donors (Lipinski definition) is 2. The van der Waals surface area contributed by atoms with E-state index in [9.17, 15) is 19.5 Å². The van der Waals surface area contributed by atoms with Crippen molar-refractivity contribution in [2.24, 2.45) is 4.99 Å². The van der Waals surface area contributed by atoms with Gasteiger partial charge in [0.2, 0.25) is 5.91 Å². The van der Waals surface area contributed by atoms with Gasteiger partial charge in [-0.3, -0.25) is 14.6 Å². The van der Waals surface area contributed by atoms with Crippen molar-refractivity contribution in [3.63, 3.8) is 0 Å². The topological polar surface area (TPSA) is 108 Å². The third-order valence-electron chi connectivity index (χ3n) is 5.27. The molecule has 0 saturated heterocycles. The van der Waals surface area contributed by atoms with Gasteiger partial charge in [0.15, 0.2) is 0 Å². The molecule has 1 aliphatic heterocycles. The molecule has 2 aromatic carbocycles. The number of ether oxygens (including phenoxy) is 1. The third-order valence-corrected chi connectivity index (χ3v) is 5.27. The van der Waals surface area contributed by atoms with Gasteiger partial charge in [0.1, 0.15) is 19.2 Å². The van der Waals surface area contributed by atoms with E-state index >= 15 is 0 Å². The lowest BCUT2D eigenvalue weighted by atomic mass is 10.0. The number of nitrogens with one attached hydrogen (secondary N) is 1. The molecule has 2 aromatic rings. The van der Waals surface area contributed by atoms with E-state index in [4.69, 9.17) is 4.74 Å². The number of aliphatic carboxylic acids is 1. The number of nitrogens with zero attached hydrogens (tertiary/aromatic N) is 2. The number of carboxylic acid groups (broad SMARTS) is 1. The first kappa shape index (κ1) is 23.7. The number of amides is 2. The third kappa shape index (κ3) is 7.03. The smallest absolute Gasteiger partial charge is 0.408 e. The molecule has 8 nitrogen and oxygen atoms in total. The zero-order valence-electron chi connectivity index (χ0n) is 18.4. The standard InChI is InChI=1S/C25H27N3O5/c1-18(20-11-6-3-7-12-20)28(16-23(29)30)24(31)22(15-21-13-8-14-26-21)27-25(32)33-17-19-9-4-2-5-10-19/h2-7,9-14,18,22H,8,15-17H2,1H3,(H,27,32)(H,29,30). The largest absolute Gasteiger partial charge is 0.480 e. The van der Waals surface area contributed by atoms with Crippen LogP contribution in [0.5, 0.6) is 0 Å². The highest BCUT2D eigenvalue weighted by molar-refractivity contribution is 5.89. The van der Waals surface area contributed by atoms with Crippen molar-refractivity contribution >= 4 is 24.2 Å². The lowest BCUT2D eigenvalue weighted by molar-refractivity contribution is -0.147. The van der Waals surface area contributed by atoms with Crippen molar-refractivity contribution in [3.8, 4) is 0 Å². The molecule has 2 unspecified atom stereocenters. The Hall–Kier alpha value is -3.94. The molecule has 0 aliphatic carbocycles. The van der Waals surface area contributed by atoms with Crippen molar-refractivity contribution in [3.05, 3.63) is 83.6 Å². The molecule has 8 heteroatoms. The molecule has 2 amide bonds. The normalized spacial score (nSPS) is 14.2. The summed E-state index contributed by atoms with van der Waals surface area (Å²) in [5.74, 6) is -1.66. The average Bonchev–Trinajstić information content (AvgIpc) is 3.34. The number of carbonyl (C=O) groups excluding carboxylic acids is 2. The Kier molecular flexibility index (Phi) is 8.35. The summed E-state index contributed by atoms with van der Waals surface area (Å²) in [5.41, 5.74) is 2.25. The molecule has 0 radical (unpaired) electrons. The quantitative estimate of drug-likeness (QED) is 0.575. The second-order valence-corrected chi connectivity index (χ2v) is 7.65. The van der Waals surface area contributed by atoms with Crippen LogP contribution in [0.1, 0.15) is 36.9 Å². The van der Waals surface area contributed by atoms with Crippen LogP contribution in [-0.2, 0) is 20.9 Å². The van der Waals surface area contributed by atoms with E-state index in [1.165, 1.54) is 4.90 Å². The first-order valence-electron chi connectivity index (χ1n) is 10.7. The Labute approximate surface area is 192 Å². The van der Waals surface area contributed by atoms with Gasteiger partial charge in [0.05, 0.1) is 6.04 Å². The average molecular weight is 450 g/mol. The Morgan fingerprint density at radius 3 is 2.36 bits per heavy atom. The summed E-state index contributed by atoms with van der Waals surface area (Å²) in [7, 11) is 0. The Morgan fingerprint density at radius 1 is 1.09 bits per heavy atom. The number of aliphatic imine (C=N–C) groups is 1. The van der Waals surface area contributed by atoms with Crippen LogP contribution in [0.3, 0.4) is 0 Å². The first-order valence-corrected chi connectivity index (χ1v) is 10.7. The van der Waals surface area contributed by atoms with E-state index < -0.39 is 36.6 Å². The van der Waals surface area contributed by atoms with Crippen LogP contribution in [0.25, 0.3) is 0 Å². The van der Waals surface area contributed by atoms with Gasteiger partial charge >= 0.3 is 12.1 Å². The second kappa shape index (κ2) is 11.6. The van der Waals surface area contributed by atoms with E-state index in [-0.39, 0.29) is 13.0 Å². The lowest BCUT2D eigenvalue weighted by Gasteiger charge is -2.31. The van der Waals surface area contributed by atoms with Gasteiger partial charge in [0.25, 0.3) is 0 Å². The highest BCUT2D eigenvalue weighted by Gasteiger charge is 2.32. The van der Waals surface area contributed by atoms with Gasteiger partial charge in [-0.25, -0.2) is 4.79 Å². The van der Waals surface area contributed by atoms with E-state index in [2.05, 4.69) is 10.3 Å². The van der Waals surface area contributed by atoms with Crippen LogP contribution in [0.2, 0.25) is 0 Å². The van der Waals surface area contributed by atoms with Crippen LogP contribution in [0.4, 0.5) is 4.79 Å². The minimum atomic E-state index is -1.14.